The largest absolute Gasteiger partial charge is 0.465 e. The van der Waals surface area contributed by atoms with Gasteiger partial charge >= 0.3 is 5.97 Å². The van der Waals surface area contributed by atoms with Crippen LogP contribution < -0.4 is 5.73 Å². The Morgan fingerprint density at radius 1 is 1.31 bits per heavy atom. The van der Waals surface area contributed by atoms with E-state index in [1.807, 2.05) is 24.3 Å². The summed E-state index contributed by atoms with van der Waals surface area (Å²) in [6.45, 7) is 0. The Balaban J connectivity index is 2.31. The van der Waals surface area contributed by atoms with E-state index in [0.29, 0.717) is 11.3 Å². The first kappa shape index (κ1) is 10.3. The van der Waals surface area contributed by atoms with Gasteiger partial charge in [0.25, 0.3) is 0 Å². The number of aromatic nitrogens is 1. The lowest BCUT2D eigenvalue weighted by Crippen LogP contribution is -1.98. The van der Waals surface area contributed by atoms with Gasteiger partial charge in [-0.1, -0.05) is 12.1 Å². The lowest BCUT2D eigenvalue weighted by atomic mass is 10.1. The number of anilines is 1. The lowest BCUT2D eigenvalue weighted by molar-refractivity contribution is 0.0601. The predicted octanol–water partition coefficient (Wildman–Crippen LogP) is 2.05. The minimum Gasteiger partial charge on any atom is -0.465 e. The molecular formula is C12H12N2O2. The van der Waals surface area contributed by atoms with Gasteiger partial charge in [-0.25, -0.2) is 4.79 Å². The third kappa shape index (κ3) is 1.91. The van der Waals surface area contributed by atoms with Crippen LogP contribution in [0.15, 0.2) is 36.5 Å². The summed E-state index contributed by atoms with van der Waals surface area (Å²) in [6, 6.07) is 9.16. The number of benzene rings is 1. The fourth-order valence-corrected chi connectivity index (χ4v) is 1.46. The van der Waals surface area contributed by atoms with E-state index in [2.05, 4.69) is 9.72 Å². The Labute approximate surface area is 93.0 Å². The highest BCUT2D eigenvalue weighted by Crippen LogP contribution is 2.20. The standard InChI is InChI=1S/C12H12N2O2/c1-16-12(15)9-6-11(14-7-9)8-2-4-10(13)5-3-8/h2-7,14H,13H2,1H3. The number of hydrogen-bond donors (Lipinski definition) is 2. The molecule has 0 unspecified atom stereocenters. The molecule has 3 N–H and O–H groups in total. The molecular weight excluding hydrogens is 204 g/mol. The molecule has 2 aromatic rings. The number of nitrogens with two attached hydrogens (primary N) is 1. The topological polar surface area (TPSA) is 68.1 Å². The average molecular weight is 216 g/mol. The Hall–Kier alpha value is -2.23. The van der Waals surface area contributed by atoms with Gasteiger partial charge in [-0.3, -0.25) is 0 Å². The summed E-state index contributed by atoms with van der Waals surface area (Å²) < 4.78 is 4.63. The van der Waals surface area contributed by atoms with Gasteiger partial charge in [0.05, 0.1) is 12.7 Å². The molecule has 0 bridgehead atoms. The molecule has 1 aromatic heterocycles. The summed E-state index contributed by atoms with van der Waals surface area (Å²) in [5, 5.41) is 0. The van der Waals surface area contributed by atoms with Crippen molar-refractivity contribution in [3.63, 3.8) is 0 Å². The molecule has 0 fully saturated rings. The number of carbonyl (C=O) groups excluding carboxylic acids is 1. The summed E-state index contributed by atoms with van der Waals surface area (Å²) >= 11 is 0. The SMILES string of the molecule is COC(=O)c1c[nH]c(-c2ccc(N)cc2)c1. The lowest BCUT2D eigenvalue weighted by Gasteiger charge is -1.98. The van der Waals surface area contributed by atoms with E-state index in [9.17, 15) is 4.79 Å². The van der Waals surface area contributed by atoms with E-state index >= 15 is 0 Å². The third-order valence-electron chi connectivity index (χ3n) is 2.33. The van der Waals surface area contributed by atoms with E-state index < -0.39 is 0 Å². The summed E-state index contributed by atoms with van der Waals surface area (Å²) in [5.74, 6) is -0.349. The molecule has 0 aliphatic heterocycles. The van der Waals surface area contributed by atoms with Crippen LogP contribution in [0.4, 0.5) is 5.69 Å². The molecule has 4 nitrogen and oxygen atoms in total. The molecule has 0 saturated heterocycles. The van der Waals surface area contributed by atoms with Crippen LogP contribution in [0.25, 0.3) is 11.3 Å². The van der Waals surface area contributed by atoms with Gasteiger partial charge in [0.15, 0.2) is 0 Å². The van der Waals surface area contributed by atoms with Crippen molar-refractivity contribution in [1.82, 2.24) is 4.98 Å². The number of nitrogen functional groups attached to an aromatic ring is 1. The molecule has 1 aromatic carbocycles. The molecule has 0 saturated carbocycles. The minimum atomic E-state index is -0.349. The van der Waals surface area contributed by atoms with Crippen molar-refractivity contribution in [3.8, 4) is 11.3 Å². The zero-order valence-corrected chi connectivity index (χ0v) is 8.86. The van der Waals surface area contributed by atoms with Crippen molar-refractivity contribution in [3.05, 3.63) is 42.1 Å². The first-order chi connectivity index (χ1) is 7.70. The Morgan fingerprint density at radius 3 is 2.62 bits per heavy atom. The van der Waals surface area contributed by atoms with E-state index in [1.54, 1.807) is 12.3 Å². The molecule has 0 amide bonds. The molecule has 4 heteroatoms. The molecule has 2 rings (SSSR count). The van der Waals surface area contributed by atoms with Gasteiger partial charge < -0.3 is 15.5 Å². The van der Waals surface area contributed by atoms with Gasteiger partial charge in [-0.15, -0.1) is 0 Å². The Morgan fingerprint density at radius 2 is 2.00 bits per heavy atom. The summed E-state index contributed by atoms with van der Waals surface area (Å²) in [6.07, 6.45) is 1.62. The zero-order valence-electron chi connectivity index (χ0n) is 8.86. The fourth-order valence-electron chi connectivity index (χ4n) is 1.46. The van der Waals surface area contributed by atoms with Crippen LogP contribution in [0.5, 0.6) is 0 Å². The number of ether oxygens (including phenoxy) is 1. The molecule has 0 spiro atoms. The molecule has 0 atom stereocenters. The number of aromatic amines is 1. The van der Waals surface area contributed by atoms with Crippen LogP contribution in [0, 0.1) is 0 Å². The smallest absolute Gasteiger partial charge is 0.339 e. The maximum atomic E-state index is 11.2. The molecule has 82 valence electrons. The van der Waals surface area contributed by atoms with Crippen molar-refractivity contribution < 1.29 is 9.53 Å². The number of methoxy groups -OCH3 is 1. The number of rotatable bonds is 2. The highest BCUT2D eigenvalue weighted by Gasteiger charge is 2.08. The normalized spacial score (nSPS) is 10.1. The van der Waals surface area contributed by atoms with E-state index in [-0.39, 0.29) is 5.97 Å². The van der Waals surface area contributed by atoms with Gasteiger partial charge in [0, 0.05) is 17.6 Å². The fraction of sp³-hybridized carbons (Fsp3) is 0.0833. The van der Waals surface area contributed by atoms with Crippen molar-refractivity contribution >= 4 is 11.7 Å². The van der Waals surface area contributed by atoms with Crippen LogP contribution in [-0.2, 0) is 4.74 Å². The second-order valence-corrected chi connectivity index (χ2v) is 3.42. The maximum Gasteiger partial charge on any atom is 0.339 e. The number of esters is 1. The van der Waals surface area contributed by atoms with E-state index in [4.69, 9.17) is 5.73 Å². The third-order valence-corrected chi connectivity index (χ3v) is 2.33. The monoisotopic (exact) mass is 216 g/mol. The second-order valence-electron chi connectivity index (χ2n) is 3.42. The number of nitrogens with one attached hydrogen (secondary N) is 1. The van der Waals surface area contributed by atoms with Crippen molar-refractivity contribution in [2.45, 2.75) is 0 Å². The number of H-pyrrole nitrogens is 1. The summed E-state index contributed by atoms with van der Waals surface area (Å²) in [4.78, 5) is 14.3. The van der Waals surface area contributed by atoms with Gasteiger partial charge in [-0.2, -0.15) is 0 Å². The number of hydrogen-bond acceptors (Lipinski definition) is 3. The van der Waals surface area contributed by atoms with Crippen LogP contribution >= 0.6 is 0 Å². The molecule has 0 aliphatic carbocycles. The van der Waals surface area contributed by atoms with E-state index in [0.717, 1.165) is 11.3 Å². The molecule has 1 heterocycles. The summed E-state index contributed by atoms with van der Waals surface area (Å²) in [7, 11) is 1.36. The predicted molar refractivity (Wildman–Crippen MR) is 62.0 cm³/mol. The first-order valence-corrected chi connectivity index (χ1v) is 4.83. The maximum absolute atomic E-state index is 11.2. The highest BCUT2D eigenvalue weighted by molar-refractivity contribution is 5.90. The second kappa shape index (κ2) is 4.10. The molecule has 0 radical (unpaired) electrons. The van der Waals surface area contributed by atoms with Gasteiger partial charge in [0.1, 0.15) is 0 Å². The van der Waals surface area contributed by atoms with E-state index in [1.165, 1.54) is 7.11 Å². The van der Waals surface area contributed by atoms with Crippen LogP contribution in [0.3, 0.4) is 0 Å². The van der Waals surface area contributed by atoms with Crippen molar-refractivity contribution in [1.29, 1.82) is 0 Å². The quantitative estimate of drug-likeness (QED) is 0.596. The van der Waals surface area contributed by atoms with Gasteiger partial charge in [-0.05, 0) is 23.8 Å². The Bertz CT molecular complexity index is 500. The molecule has 0 aliphatic rings. The zero-order chi connectivity index (χ0) is 11.5. The van der Waals surface area contributed by atoms with Crippen molar-refractivity contribution in [2.24, 2.45) is 0 Å². The highest BCUT2D eigenvalue weighted by atomic mass is 16.5. The molecule has 16 heavy (non-hydrogen) atoms. The Kier molecular flexibility index (Phi) is 2.64. The number of carbonyl (C=O) groups is 1. The first-order valence-electron chi connectivity index (χ1n) is 4.83. The van der Waals surface area contributed by atoms with Crippen LogP contribution in [-0.4, -0.2) is 18.1 Å². The van der Waals surface area contributed by atoms with Crippen molar-refractivity contribution in [2.75, 3.05) is 12.8 Å². The minimum absolute atomic E-state index is 0.349. The summed E-state index contributed by atoms with van der Waals surface area (Å²) in [5.41, 5.74) is 8.65. The van der Waals surface area contributed by atoms with Gasteiger partial charge in [0.2, 0.25) is 0 Å². The average Bonchev–Trinajstić information content (AvgIpc) is 2.78. The van der Waals surface area contributed by atoms with Crippen LogP contribution in [0.1, 0.15) is 10.4 Å². The van der Waals surface area contributed by atoms with Crippen LogP contribution in [0.2, 0.25) is 0 Å².